The molecule has 0 aliphatic carbocycles. The van der Waals surface area contributed by atoms with E-state index < -0.39 is 12.7 Å². The summed E-state index contributed by atoms with van der Waals surface area (Å²) >= 11 is 0. The predicted molar refractivity (Wildman–Crippen MR) is 92.0 cm³/mol. The van der Waals surface area contributed by atoms with Gasteiger partial charge in [0.05, 0.1) is 6.54 Å². The van der Waals surface area contributed by atoms with Gasteiger partial charge in [-0.3, -0.25) is 9.80 Å². The Balaban J connectivity index is 2.21. The molecule has 0 bridgehead atoms. The zero-order valence-corrected chi connectivity index (χ0v) is 15.0. The first-order chi connectivity index (χ1) is 11.4. The van der Waals surface area contributed by atoms with Gasteiger partial charge in [-0.2, -0.15) is 13.2 Å². The number of hydrogen-bond donors (Lipinski definition) is 0. The van der Waals surface area contributed by atoms with E-state index >= 15 is 0 Å². The van der Waals surface area contributed by atoms with E-state index in [1.165, 1.54) is 11.1 Å². The van der Waals surface area contributed by atoms with Gasteiger partial charge in [0.1, 0.15) is 0 Å². The smallest absolute Gasteiger partial charge is 0.300 e. The quantitative estimate of drug-likeness (QED) is 0.703. The van der Waals surface area contributed by atoms with Crippen molar-refractivity contribution in [1.29, 1.82) is 0 Å². The number of nitrogens with zero attached hydrogens (tertiary/aromatic N) is 2. The molecule has 5 heteroatoms. The van der Waals surface area contributed by atoms with Gasteiger partial charge in [-0.25, -0.2) is 0 Å². The Labute approximate surface area is 143 Å². The number of alkyl halides is 3. The molecule has 2 nitrogen and oxygen atoms in total. The predicted octanol–water partition coefficient (Wildman–Crippen LogP) is 4.79. The Morgan fingerprint density at radius 2 is 1.88 bits per heavy atom. The van der Waals surface area contributed by atoms with Crippen molar-refractivity contribution in [3.8, 4) is 0 Å². The molecule has 0 amide bonds. The minimum absolute atomic E-state index is 0.108. The van der Waals surface area contributed by atoms with E-state index in [1.807, 2.05) is 6.92 Å². The molecule has 0 radical (unpaired) electrons. The van der Waals surface area contributed by atoms with Crippen molar-refractivity contribution >= 4 is 0 Å². The third-order valence-electron chi connectivity index (χ3n) is 4.92. The third kappa shape index (κ3) is 4.96. The third-order valence-corrected chi connectivity index (χ3v) is 4.92. The molecule has 2 rings (SSSR count). The van der Waals surface area contributed by atoms with Crippen LogP contribution in [0.4, 0.5) is 13.2 Å². The molecule has 1 atom stereocenters. The van der Waals surface area contributed by atoms with E-state index in [4.69, 9.17) is 0 Å². The van der Waals surface area contributed by atoms with Crippen molar-refractivity contribution in [2.75, 3.05) is 26.2 Å². The molecular weight excluding hydrogens is 313 g/mol. The van der Waals surface area contributed by atoms with Crippen LogP contribution in [0.2, 0.25) is 0 Å². The normalized spacial score (nSPS) is 18.9. The minimum atomic E-state index is -4.13. The van der Waals surface area contributed by atoms with Crippen LogP contribution in [-0.2, 0) is 13.0 Å². The van der Waals surface area contributed by atoms with Crippen LogP contribution in [0.5, 0.6) is 0 Å². The summed E-state index contributed by atoms with van der Waals surface area (Å²) in [4.78, 5) is 3.96. The first-order valence-corrected chi connectivity index (χ1v) is 9.02. The number of fused-ring (bicyclic) bond motifs is 1. The van der Waals surface area contributed by atoms with Gasteiger partial charge in [-0.1, -0.05) is 45.4 Å². The van der Waals surface area contributed by atoms with Crippen LogP contribution in [0.25, 0.3) is 0 Å². The highest BCUT2D eigenvalue weighted by Crippen LogP contribution is 2.35. The fourth-order valence-corrected chi connectivity index (χ4v) is 3.65. The van der Waals surface area contributed by atoms with Gasteiger partial charge in [-0.05, 0) is 42.6 Å². The van der Waals surface area contributed by atoms with E-state index in [-0.39, 0.29) is 6.04 Å². The second kappa shape index (κ2) is 8.34. The van der Waals surface area contributed by atoms with Crippen molar-refractivity contribution in [3.63, 3.8) is 0 Å². The molecule has 1 aliphatic rings. The van der Waals surface area contributed by atoms with Crippen molar-refractivity contribution in [1.82, 2.24) is 9.80 Å². The highest BCUT2D eigenvalue weighted by molar-refractivity contribution is 5.36. The van der Waals surface area contributed by atoms with Gasteiger partial charge < -0.3 is 0 Å². The van der Waals surface area contributed by atoms with Crippen molar-refractivity contribution in [2.45, 2.75) is 58.8 Å². The zero-order chi connectivity index (χ0) is 17.7. The first-order valence-electron chi connectivity index (χ1n) is 9.02. The Kier molecular flexibility index (Phi) is 6.70. The summed E-state index contributed by atoms with van der Waals surface area (Å²) in [7, 11) is 0. The monoisotopic (exact) mass is 342 g/mol. The van der Waals surface area contributed by atoms with Crippen LogP contribution in [0.1, 0.15) is 56.3 Å². The fourth-order valence-electron chi connectivity index (χ4n) is 3.65. The molecule has 1 aliphatic heterocycles. The molecule has 1 aromatic carbocycles. The number of halogens is 3. The number of rotatable bonds is 7. The van der Waals surface area contributed by atoms with E-state index in [0.29, 0.717) is 13.0 Å². The van der Waals surface area contributed by atoms with Crippen molar-refractivity contribution < 1.29 is 13.2 Å². The molecule has 0 fully saturated rings. The summed E-state index contributed by atoms with van der Waals surface area (Å²) in [6.07, 6.45) is -1.76. The van der Waals surface area contributed by atoms with Crippen LogP contribution < -0.4 is 0 Å². The van der Waals surface area contributed by atoms with Gasteiger partial charge in [0, 0.05) is 19.1 Å². The lowest BCUT2D eigenvalue weighted by Crippen LogP contribution is -2.41. The summed E-state index contributed by atoms with van der Waals surface area (Å²) in [5.74, 6) is 0. The fraction of sp³-hybridized carbons (Fsp3) is 0.684. The number of benzene rings is 1. The Morgan fingerprint density at radius 3 is 2.46 bits per heavy atom. The van der Waals surface area contributed by atoms with E-state index in [9.17, 15) is 13.2 Å². The van der Waals surface area contributed by atoms with Gasteiger partial charge in [0.25, 0.3) is 0 Å². The molecule has 1 unspecified atom stereocenters. The SMILES string of the molecule is CCCC1c2ccc(CN(CC)CC)cc2CCN1CC(F)(F)F. The van der Waals surface area contributed by atoms with Crippen molar-refractivity contribution in [3.05, 3.63) is 34.9 Å². The maximum absolute atomic E-state index is 12.9. The lowest BCUT2D eigenvalue weighted by atomic mass is 9.88. The maximum Gasteiger partial charge on any atom is 0.401 e. The Hall–Kier alpha value is -1.07. The lowest BCUT2D eigenvalue weighted by molar-refractivity contribution is -0.152. The van der Waals surface area contributed by atoms with Gasteiger partial charge in [0.15, 0.2) is 0 Å². The Bertz CT molecular complexity index is 524. The molecule has 0 saturated carbocycles. The first kappa shape index (κ1) is 19.3. The van der Waals surface area contributed by atoms with Crippen LogP contribution in [0, 0.1) is 0 Å². The molecule has 136 valence electrons. The van der Waals surface area contributed by atoms with Crippen LogP contribution in [0.15, 0.2) is 18.2 Å². The summed E-state index contributed by atoms with van der Waals surface area (Å²) in [5.41, 5.74) is 3.59. The Morgan fingerprint density at radius 1 is 1.17 bits per heavy atom. The number of hydrogen-bond acceptors (Lipinski definition) is 2. The average molecular weight is 342 g/mol. The van der Waals surface area contributed by atoms with Crippen LogP contribution in [-0.4, -0.2) is 42.2 Å². The molecule has 1 heterocycles. The summed E-state index contributed by atoms with van der Waals surface area (Å²) in [5, 5.41) is 0. The summed E-state index contributed by atoms with van der Waals surface area (Å²) in [6.45, 7) is 8.93. The molecule has 24 heavy (non-hydrogen) atoms. The zero-order valence-electron chi connectivity index (χ0n) is 15.0. The highest BCUT2D eigenvalue weighted by atomic mass is 19.4. The van der Waals surface area contributed by atoms with Crippen molar-refractivity contribution in [2.24, 2.45) is 0 Å². The summed E-state index contributed by atoms with van der Waals surface area (Å²) < 4.78 is 38.6. The topological polar surface area (TPSA) is 6.48 Å². The average Bonchev–Trinajstić information content (AvgIpc) is 2.53. The highest BCUT2D eigenvalue weighted by Gasteiger charge is 2.36. The van der Waals surface area contributed by atoms with E-state index in [1.54, 1.807) is 4.90 Å². The van der Waals surface area contributed by atoms with Crippen LogP contribution >= 0.6 is 0 Å². The molecule has 1 aromatic rings. The van der Waals surface area contributed by atoms with Gasteiger partial charge in [-0.15, -0.1) is 0 Å². The molecule has 0 spiro atoms. The van der Waals surface area contributed by atoms with E-state index in [0.717, 1.165) is 38.0 Å². The van der Waals surface area contributed by atoms with Gasteiger partial charge >= 0.3 is 6.18 Å². The molecule has 0 aromatic heterocycles. The second-order valence-electron chi connectivity index (χ2n) is 6.63. The standard InChI is InChI=1S/C19H29F3N2/c1-4-7-18-17-9-8-15(13-23(5-2)6-3)12-16(17)10-11-24(18)14-19(20,21)22/h8-9,12,18H,4-7,10-11,13-14H2,1-3H3. The minimum Gasteiger partial charge on any atom is -0.300 e. The lowest BCUT2D eigenvalue weighted by Gasteiger charge is -2.38. The van der Waals surface area contributed by atoms with Crippen LogP contribution in [0.3, 0.4) is 0 Å². The molecular formula is C19H29F3N2. The largest absolute Gasteiger partial charge is 0.401 e. The van der Waals surface area contributed by atoms with E-state index in [2.05, 4.69) is 36.9 Å². The molecule has 0 saturated heterocycles. The second-order valence-corrected chi connectivity index (χ2v) is 6.63. The molecule has 0 N–H and O–H groups in total. The maximum atomic E-state index is 12.9. The summed E-state index contributed by atoms with van der Waals surface area (Å²) in [6, 6.07) is 6.26. The van der Waals surface area contributed by atoms with Gasteiger partial charge in [0.2, 0.25) is 0 Å².